The quantitative estimate of drug-likeness (QED) is 0.507. The van der Waals surface area contributed by atoms with Crippen LogP contribution in [-0.2, 0) is 18.3 Å². The Kier molecular flexibility index (Phi) is 6.64. The fraction of sp³-hybridized carbons (Fsp3) is 0.346. The van der Waals surface area contributed by atoms with Gasteiger partial charge in [0.1, 0.15) is 11.7 Å². The minimum atomic E-state index is -0.641. The van der Waals surface area contributed by atoms with Crippen LogP contribution in [0.25, 0.3) is 10.9 Å². The lowest BCUT2D eigenvalue weighted by Gasteiger charge is -2.31. The third-order valence-corrected chi connectivity index (χ3v) is 6.50. The minimum Gasteiger partial charge on any atom is -0.399 e. The first kappa shape index (κ1) is 22.4. The third kappa shape index (κ3) is 5.01. The fourth-order valence-corrected chi connectivity index (χ4v) is 4.66. The van der Waals surface area contributed by atoms with Gasteiger partial charge in [-0.15, -0.1) is 0 Å². The maximum atomic E-state index is 13.1. The number of aryl methyl sites for hydroxylation is 1. The molecule has 1 fully saturated rings. The van der Waals surface area contributed by atoms with Crippen LogP contribution in [0.5, 0.6) is 0 Å². The van der Waals surface area contributed by atoms with Crippen molar-refractivity contribution in [2.75, 3.05) is 5.73 Å². The second kappa shape index (κ2) is 9.78. The first-order valence-corrected chi connectivity index (χ1v) is 11.4. The molecule has 7 nitrogen and oxygen atoms in total. The third-order valence-electron chi connectivity index (χ3n) is 6.50. The van der Waals surface area contributed by atoms with E-state index >= 15 is 0 Å². The molecule has 2 amide bonds. The zero-order valence-corrected chi connectivity index (χ0v) is 18.8. The van der Waals surface area contributed by atoms with Gasteiger partial charge in [0.05, 0.1) is 12.0 Å². The number of carbonyl (C=O) groups excluding carboxylic acids is 2. The monoisotopic (exact) mass is 443 g/mol. The largest absolute Gasteiger partial charge is 0.399 e. The number of rotatable bonds is 6. The number of nitriles is 1. The van der Waals surface area contributed by atoms with E-state index in [9.17, 15) is 14.9 Å². The predicted octanol–water partition coefficient (Wildman–Crippen LogP) is 3.30. The maximum absolute atomic E-state index is 13.1. The molecule has 3 atom stereocenters. The van der Waals surface area contributed by atoms with Crippen molar-refractivity contribution in [2.45, 2.75) is 44.2 Å². The van der Waals surface area contributed by atoms with Gasteiger partial charge in [0.25, 0.3) is 5.91 Å². The Labute approximate surface area is 193 Å². The molecule has 1 aliphatic carbocycles. The van der Waals surface area contributed by atoms with E-state index in [1.165, 1.54) is 0 Å². The molecule has 7 heteroatoms. The molecule has 0 aliphatic heterocycles. The van der Waals surface area contributed by atoms with E-state index in [1.54, 1.807) is 12.1 Å². The first-order chi connectivity index (χ1) is 16.0. The van der Waals surface area contributed by atoms with Crippen molar-refractivity contribution >= 4 is 28.4 Å². The Hall–Kier alpha value is -3.79. The standard InChI is InChI=1S/C26H29N5O2/c1-31-23-9-5-2-6-18(23)15-24(31)26(33)30-22-8-4-3-7-21(22)25(32)29-20(16-27)14-17-10-12-19(28)13-11-17/h2,5-6,9-13,15,20-22H,3-4,7-8,14,28H2,1H3,(H,29,32)(H,30,33). The number of nitrogens with zero attached hydrogens (tertiary/aromatic N) is 2. The molecule has 170 valence electrons. The van der Waals surface area contributed by atoms with Crippen LogP contribution < -0.4 is 16.4 Å². The van der Waals surface area contributed by atoms with Gasteiger partial charge in [-0.25, -0.2) is 0 Å². The Morgan fingerprint density at radius 3 is 2.61 bits per heavy atom. The molecular weight excluding hydrogens is 414 g/mol. The normalized spacial score (nSPS) is 18.9. The van der Waals surface area contributed by atoms with Gasteiger partial charge in [0.2, 0.25) is 5.91 Å². The number of nitrogen functional groups attached to an aromatic ring is 1. The Balaban J connectivity index is 1.44. The van der Waals surface area contributed by atoms with Crippen LogP contribution in [0.3, 0.4) is 0 Å². The SMILES string of the molecule is Cn1c(C(=O)NC2CCCCC2C(=O)NC(C#N)Cc2ccc(N)cc2)cc2ccccc21. The van der Waals surface area contributed by atoms with E-state index in [0.717, 1.165) is 35.7 Å². The molecule has 1 aliphatic rings. The van der Waals surface area contributed by atoms with E-state index in [1.807, 2.05) is 54.1 Å². The van der Waals surface area contributed by atoms with Crippen LogP contribution >= 0.6 is 0 Å². The highest BCUT2D eigenvalue weighted by atomic mass is 16.2. The summed E-state index contributed by atoms with van der Waals surface area (Å²) in [5, 5.41) is 16.6. The fourth-order valence-electron chi connectivity index (χ4n) is 4.66. The van der Waals surface area contributed by atoms with Crippen LogP contribution in [0.4, 0.5) is 5.69 Å². The van der Waals surface area contributed by atoms with Gasteiger partial charge in [-0.2, -0.15) is 5.26 Å². The average molecular weight is 444 g/mol. The highest BCUT2D eigenvalue weighted by Crippen LogP contribution is 2.26. The molecule has 3 unspecified atom stereocenters. The molecule has 0 bridgehead atoms. The molecular formula is C26H29N5O2. The van der Waals surface area contributed by atoms with Gasteiger partial charge in [0, 0.05) is 36.1 Å². The number of nitrogens with two attached hydrogens (primary N) is 1. The number of anilines is 1. The maximum Gasteiger partial charge on any atom is 0.268 e. The second-order valence-corrected chi connectivity index (χ2v) is 8.75. The summed E-state index contributed by atoms with van der Waals surface area (Å²) in [6.45, 7) is 0. The number of hydrogen-bond donors (Lipinski definition) is 3. The molecule has 33 heavy (non-hydrogen) atoms. The zero-order chi connectivity index (χ0) is 23.4. The van der Waals surface area contributed by atoms with Gasteiger partial charge < -0.3 is 20.9 Å². The summed E-state index contributed by atoms with van der Waals surface area (Å²) in [6.07, 6.45) is 3.71. The smallest absolute Gasteiger partial charge is 0.268 e. The van der Waals surface area contributed by atoms with Gasteiger partial charge >= 0.3 is 0 Å². The Morgan fingerprint density at radius 2 is 1.88 bits per heavy atom. The van der Waals surface area contributed by atoms with Crippen molar-refractivity contribution in [3.8, 4) is 6.07 Å². The highest BCUT2D eigenvalue weighted by molar-refractivity contribution is 5.99. The van der Waals surface area contributed by atoms with E-state index in [0.29, 0.717) is 24.2 Å². The number of para-hydroxylation sites is 1. The summed E-state index contributed by atoms with van der Waals surface area (Å²) in [5.41, 5.74) is 8.87. The van der Waals surface area contributed by atoms with Crippen molar-refractivity contribution in [1.29, 1.82) is 5.26 Å². The lowest BCUT2D eigenvalue weighted by Crippen LogP contribution is -2.50. The highest BCUT2D eigenvalue weighted by Gasteiger charge is 2.33. The van der Waals surface area contributed by atoms with E-state index in [2.05, 4.69) is 16.7 Å². The number of nitrogens with one attached hydrogen (secondary N) is 2. The number of fused-ring (bicyclic) bond motifs is 1. The van der Waals surface area contributed by atoms with Crippen LogP contribution in [0.1, 0.15) is 41.7 Å². The molecule has 1 aromatic heterocycles. The lowest BCUT2D eigenvalue weighted by atomic mass is 9.83. The summed E-state index contributed by atoms with van der Waals surface area (Å²) in [5.74, 6) is -0.726. The molecule has 0 saturated heterocycles. The molecule has 2 aromatic carbocycles. The summed E-state index contributed by atoms with van der Waals surface area (Å²) in [7, 11) is 1.87. The van der Waals surface area contributed by atoms with E-state index in [4.69, 9.17) is 5.73 Å². The number of amides is 2. The molecule has 4 N–H and O–H groups in total. The van der Waals surface area contributed by atoms with Crippen molar-refractivity contribution in [3.63, 3.8) is 0 Å². The Morgan fingerprint density at radius 1 is 1.15 bits per heavy atom. The average Bonchev–Trinajstić information content (AvgIpc) is 3.17. The van der Waals surface area contributed by atoms with Crippen molar-refractivity contribution < 1.29 is 9.59 Å². The number of carbonyl (C=O) groups is 2. The van der Waals surface area contributed by atoms with E-state index in [-0.39, 0.29) is 23.8 Å². The van der Waals surface area contributed by atoms with Gasteiger partial charge in [-0.3, -0.25) is 9.59 Å². The topological polar surface area (TPSA) is 113 Å². The summed E-state index contributed by atoms with van der Waals surface area (Å²) >= 11 is 0. The Bertz CT molecular complexity index is 1190. The second-order valence-electron chi connectivity index (χ2n) is 8.75. The van der Waals surface area contributed by atoms with E-state index < -0.39 is 6.04 Å². The number of hydrogen-bond acceptors (Lipinski definition) is 4. The van der Waals surface area contributed by atoms with Crippen LogP contribution in [0.15, 0.2) is 54.6 Å². The zero-order valence-electron chi connectivity index (χ0n) is 18.8. The van der Waals surface area contributed by atoms with Gasteiger partial charge in [-0.05, 0) is 42.7 Å². The van der Waals surface area contributed by atoms with Crippen molar-refractivity contribution in [1.82, 2.24) is 15.2 Å². The van der Waals surface area contributed by atoms with Crippen LogP contribution in [0.2, 0.25) is 0 Å². The van der Waals surface area contributed by atoms with Crippen LogP contribution in [0, 0.1) is 17.2 Å². The van der Waals surface area contributed by atoms with Crippen molar-refractivity contribution in [3.05, 3.63) is 65.9 Å². The predicted molar refractivity (Wildman–Crippen MR) is 128 cm³/mol. The van der Waals surface area contributed by atoms with Crippen LogP contribution in [-0.4, -0.2) is 28.5 Å². The summed E-state index contributed by atoms with van der Waals surface area (Å²) in [4.78, 5) is 26.2. The molecule has 4 rings (SSSR count). The summed E-state index contributed by atoms with van der Waals surface area (Å²) < 4.78 is 1.88. The molecule has 0 spiro atoms. The number of benzene rings is 2. The van der Waals surface area contributed by atoms with Gasteiger partial charge in [0.15, 0.2) is 0 Å². The summed E-state index contributed by atoms with van der Waals surface area (Å²) in [6, 6.07) is 18.3. The minimum absolute atomic E-state index is 0.181. The molecule has 1 saturated carbocycles. The van der Waals surface area contributed by atoms with Gasteiger partial charge in [-0.1, -0.05) is 43.2 Å². The van der Waals surface area contributed by atoms with Crippen molar-refractivity contribution in [2.24, 2.45) is 13.0 Å². The number of aromatic nitrogens is 1. The molecule has 3 aromatic rings. The molecule has 0 radical (unpaired) electrons. The lowest BCUT2D eigenvalue weighted by molar-refractivity contribution is -0.127. The molecule has 1 heterocycles. The first-order valence-electron chi connectivity index (χ1n) is 11.4.